The molecule has 0 aliphatic carbocycles. The highest BCUT2D eigenvalue weighted by atomic mass is 35.5. The molecule has 0 saturated carbocycles. The smallest absolute Gasteiger partial charge is 0.353 e. The van der Waals surface area contributed by atoms with Crippen LogP contribution in [0.1, 0.15) is 12.8 Å². The van der Waals surface area contributed by atoms with Crippen LogP contribution in [0.3, 0.4) is 0 Å². The van der Waals surface area contributed by atoms with Gasteiger partial charge in [-0.3, -0.25) is 14.5 Å². The van der Waals surface area contributed by atoms with E-state index in [1.54, 1.807) is 48.5 Å². The van der Waals surface area contributed by atoms with Crippen LogP contribution in [0.25, 0.3) is 22.6 Å². The molecule has 2 aromatic carbocycles. The molecule has 1 amide bonds. The number of rotatable bonds is 2. The standard InChI is InChI=1S/C20H13ClN4O4/c21-12-6-7-14-13(10-12)17-22-18(27)16(11-4-2-1-3-5-11)23-25(17)20(19(28)29)9-8-15(26)24(14)20/h1-7,10H,8-9H2,(H,28,29)/t20-/m1/s1. The van der Waals surface area contributed by atoms with Gasteiger partial charge in [0.15, 0.2) is 11.5 Å². The van der Waals surface area contributed by atoms with Gasteiger partial charge in [0, 0.05) is 29.0 Å². The highest BCUT2D eigenvalue weighted by molar-refractivity contribution is 6.31. The van der Waals surface area contributed by atoms with Crippen molar-refractivity contribution in [2.75, 3.05) is 4.90 Å². The van der Waals surface area contributed by atoms with Gasteiger partial charge in [-0.15, -0.1) is 0 Å². The van der Waals surface area contributed by atoms with E-state index in [2.05, 4.69) is 10.1 Å². The first kappa shape index (κ1) is 17.6. The molecule has 1 fully saturated rings. The molecule has 3 aromatic rings. The van der Waals surface area contributed by atoms with E-state index in [4.69, 9.17) is 11.6 Å². The average molecular weight is 409 g/mol. The number of aliphatic carboxylic acids is 1. The van der Waals surface area contributed by atoms with Gasteiger partial charge in [0.25, 0.3) is 5.56 Å². The first-order valence-corrected chi connectivity index (χ1v) is 9.25. The molecule has 5 rings (SSSR count). The summed E-state index contributed by atoms with van der Waals surface area (Å²) in [6.07, 6.45) is 0.0320. The number of carboxylic acid groups (broad SMARTS) is 1. The number of nitrogens with zero attached hydrogens (tertiary/aromatic N) is 4. The van der Waals surface area contributed by atoms with Crippen LogP contribution in [0.4, 0.5) is 5.69 Å². The molecule has 29 heavy (non-hydrogen) atoms. The van der Waals surface area contributed by atoms with Gasteiger partial charge >= 0.3 is 5.97 Å². The van der Waals surface area contributed by atoms with Crippen molar-refractivity contribution in [3.8, 4) is 22.6 Å². The molecule has 0 spiro atoms. The van der Waals surface area contributed by atoms with E-state index < -0.39 is 17.2 Å². The molecule has 1 saturated heterocycles. The first-order chi connectivity index (χ1) is 13.9. The van der Waals surface area contributed by atoms with Crippen LogP contribution < -0.4 is 10.5 Å². The lowest BCUT2D eigenvalue weighted by molar-refractivity contribution is -0.148. The van der Waals surface area contributed by atoms with E-state index in [1.165, 1.54) is 9.58 Å². The van der Waals surface area contributed by atoms with Crippen LogP contribution in [0.5, 0.6) is 0 Å². The normalized spacial score (nSPS) is 19.5. The number of halogens is 1. The third-order valence-corrected chi connectivity index (χ3v) is 5.53. The second kappa shape index (κ2) is 5.99. The molecule has 144 valence electrons. The van der Waals surface area contributed by atoms with Crippen molar-refractivity contribution >= 4 is 29.2 Å². The molecule has 2 aliphatic heterocycles. The van der Waals surface area contributed by atoms with Gasteiger partial charge < -0.3 is 5.11 Å². The molecule has 8 nitrogen and oxygen atoms in total. The van der Waals surface area contributed by atoms with Crippen molar-refractivity contribution in [1.82, 2.24) is 14.8 Å². The van der Waals surface area contributed by atoms with Gasteiger partial charge in [-0.2, -0.15) is 10.1 Å². The van der Waals surface area contributed by atoms with E-state index >= 15 is 0 Å². The van der Waals surface area contributed by atoms with Crippen molar-refractivity contribution in [2.45, 2.75) is 18.5 Å². The minimum atomic E-state index is -1.79. The van der Waals surface area contributed by atoms with Crippen LogP contribution in [0.2, 0.25) is 5.02 Å². The molecule has 0 bridgehead atoms. The number of hydrogen-bond acceptors (Lipinski definition) is 5. The quantitative estimate of drug-likeness (QED) is 0.698. The molecular formula is C20H13ClN4O4. The van der Waals surface area contributed by atoms with E-state index in [0.717, 1.165) is 0 Å². The Balaban J connectivity index is 1.90. The Hall–Kier alpha value is -3.52. The van der Waals surface area contributed by atoms with Crippen molar-refractivity contribution in [1.29, 1.82) is 0 Å². The fraction of sp³-hybridized carbons (Fsp3) is 0.150. The molecule has 3 heterocycles. The molecule has 0 radical (unpaired) electrons. The molecular weight excluding hydrogens is 396 g/mol. The lowest BCUT2D eigenvalue weighted by Gasteiger charge is -2.41. The molecule has 1 N–H and O–H groups in total. The molecule has 9 heteroatoms. The van der Waals surface area contributed by atoms with Crippen LogP contribution in [0, 0.1) is 0 Å². The number of carboxylic acids is 1. The van der Waals surface area contributed by atoms with Crippen LogP contribution in [-0.4, -0.2) is 31.7 Å². The van der Waals surface area contributed by atoms with Gasteiger partial charge in [0.1, 0.15) is 0 Å². The van der Waals surface area contributed by atoms with Gasteiger partial charge in [-0.05, 0) is 18.2 Å². The Morgan fingerprint density at radius 1 is 1.14 bits per heavy atom. The fourth-order valence-corrected chi connectivity index (χ4v) is 4.19. The van der Waals surface area contributed by atoms with E-state index in [1.807, 2.05) is 0 Å². The Morgan fingerprint density at radius 2 is 1.90 bits per heavy atom. The van der Waals surface area contributed by atoms with Crippen LogP contribution in [-0.2, 0) is 15.3 Å². The summed E-state index contributed by atoms with van der Waals surface area (Å²) < 4.78 is 1.18. The van der Waals surface area contributed by atoms with Crippen LogP contribution >= 0.6 is 11.6 Å². The predicted molar refractivity (Wildman–Crippen MR) is 105 cm³/mol. The number of amides is 1. The van der Waals surface area contributed by atoms with Gasteiger partial charge in [0.05, 0.1) is 5.69 Å². The Kier molecular flexibility index (Phi) is 3.63. The molecule has 1 aromatic heterocycles. The summed E-state index contributed by atoms with van der Waals surface area (Å²) in [5.74, 6) is -1.52. The number of fused-ring (bicyclic) bond motifs is 6. The number of hydrogen-bond donors (Lipinski definition) is 1. The summed E-state index contributed by atoms with van der Waals surface area (Å²) in [5.41, 5.74) is -1.13. The number of carbonyl (C=O) groups is 2. The maximum Gasteiger partial charge on any atom is 0.353 e. The summed E-state index contributed by atoms with van der Waals surface area (Å²) in [5, 5.41) is 15.0. The zero-order valence-corrected chi connectivity index (χ0v) is 15.6. The fourth-order valence-electron chi connectivity index (χ4n) is 4.02. The highest BCUT2D eigenvalue weighted by Crippen LogP contribution is 2.48. The van der Waals surface area contributed by atoms with Crippen molar-refractivity contribution < 1.29 is 14.7 Å². The van der Waals surface area contributed by atoms with Crippen molar-refractivity contribution in [2.24, 2.45) is 0 Å². The van der Waals surface area contributed by atoms with E-state index in [0.29, 0.717) is 21.8 Å². The maximum absolute atomic E-state index is 12.8. The zero-order valence-electron chi connectivity index (χ0n) is 14.9. The minimum Gasteiger partial charge on any atom is -0.478 e. The first-order valence-electron chi connectivity index (χ1n) is 8.87. The molecule has 1 atom stereocenters. The number of benzene rings is 2. The monoisotopic (exact) mass is 408 g/mol. The SMILES string of the molecule is O=C1CC[C@@]2(C(=O)O)N1c1ccc(Cl)cc1-c1nc(=O)c(-c3ccccc3)nn12. The number of aromatic nitrogens is 3. The minimum absolute atomic E-state index is 0.00200. The number of anilines is 1. The molecule has 2 aliphatic rings. The summed E-state index contributed by atoms with van der Waals surface area (Å²) in [6.45, 7) is 0. The lowest BCUT2D eigenvalue weighted by Crippen LogP contribution is -2.58. The van der Waals surface area contributed by atoms with Gasteiger partial charge in [0.2, 0.25) is 11.6 Å². The van der Waals surface area contributed by atoms with Crippen molar-refractivity contribution in [3.05, 3.63) is 63.9 Å². The summed E-state index contributed by atoms with van der Waals surface area (Å²) in [4.78, 5) is 43.4. The van der Waals surface area contributed by atoms with E-state index in [-0.39, 0.29) is 30.3 Å². The second-order valence-corrected chi connectivity index (χ2v) is 7.32. The Morgan fingerprint density at radius 3 is 2.62 bits per heavy atom. The van der Waals surface area contributed by atoms with Gasteiger partial charge in [-0.1, -0.05) is 41.9 Å². The second-order valence-electron chi connectivity index (χ2n) is 6.88. The largest absolute Gasteiger partial charge is 0.478 e. The average Bonchev–Trinajstić information content (AvgIpc) is 3.07. The summed E-state index contributed by atoms with van der Waals surface area (Å²) in [6, 6.07) is 13.4. The summed E-state index contributed by atoms with van der Waals surface area (Å²) in [7, 11) is 0. The third-order valence-electron chi connectivity index (χ3n) is 5.30. The highest BCUT2D eigenvalue weighted by Gasteiger charge is 2.58. The Labute approximate surface area is 169 Å². The number of carbonyl (C=O) groups excluding carboxylic acids is 1. The van der Waals surface area contributed by atoms with Crippen LogP contribution in [0.15, 0.2) is 53.3 Å². The zero-order chi connectivity index (χ0) is 20.3. The predicted octanol–water partition coefficient (Wildman–Crippen LogP) is 2.50. The third kappa shape index (κ3) is 2.29. The molecule has 0 unspecified atom stereocenters. The Bertz CT molecular complexity index is 1260. The van der Waals surface area contributed by atoms with E-state index in [9.17, 15) is 19.5 Å². The maximum atomic E-state index is 12.8. The summed E-state index contributed by atoms with van der Waals surface area (Å²) >= 11 is 6.13. The lowest BCUT2D eigenvalue weighted by atomic mass is 10.00. The van der Waals surface area contributed by atoms with Crippen molar-refractivity contribution in [3.63, 3.8) is 0 Å². The van der Waals surface area contributed by atoms with Gasteiger partial charge in [-0.25, -0.2) is 9.48 Å². The topological polar surface area (TPSA) is 105 Å².